The number of likely N-dealkylation sites (N-methyl/N-ethyl adjacent to an activating group) is 1. The Morgan fingerprint density at radius 1 is 1.10 bits per heavy atom. The van der Waals surface area contributed by atoms with Gasteiger partial charge in [0.05, 0.1) is 6.10 Å². The summed E-state index contributed by atoms with van der Waals surface area (Å²) >= 11 is 0. The van der Waals surface area contributed by atoms with Gasteiger partial charge in [-0.3, -0.25) is 9.88 Å². The van der Waals surface area contributed by atoms with Gasteiger partial charge >= 0.3 is 0 Å². The standard InChI is InChI=1S/C17H22N2O/c1-13-8-14(2)10-16(9-13)17(20)12-19(3)11-15-4-6-18-7-5-15/h4-10,17,20H,11-12H2,1-3H3. The zero-order chi connectivity index (χ0) is 14.5. The van der Waals surface area contributed by atoms with Crippen molar-refractivity contribution in [2.45, 2.75) is 26.5 Å². The first-order valence-electron chi connectivity index (χ1n) is 6.88. The quantitative estimate of drug-likeness (QED) is 0.907. The van der Waals surface area contributed by atoms with Crippen molar-refractivity contribution in [3.8, 4) is 0 Å². The molecule has 20 heavy (non-hydrogen) atoms. The minimum atomic E-state index is -0.458. The van der Waals surface area contributed by atoms with Gasteiger partial charge in [-0.25, -0.2) is 0 Å². The summed E-state index contributed by atoms with van der Waals surface area (Å²) in [6.07, 6.45) is 3.13. The summed E-state index contributed by atoms with van der Waals surface area (Å²) in [4.78, 5) is 6.14. The van der Waals surface area contributed by atoms with Crippen LogP contribution in [-0.2, 0) is 6.54 Å². The van der Waals surface area contributed by atoms with E-state index in [1.54, 1.807) is 12.4 Å². The highest BCUT2D eigenvalue weighted by Gasteiger charge is 2.11. The minimum absolute atomic E-state index is 0.458. The van der Waals surface area contributed by atoms with Crippen molar-refractivity contribution in [1.29, 1.82) is 0 Å². The normalized spacial score (nSPS) is 12.7. The summed E-state index contributed by atoms with van der Waals surface area (Å²) in [6, 6.07) is 10.2. The van der Waals surface area contributed by atoms with Crippen LogP contribution in [0.3, 0.4) is 0 Å². The molecule has 1 unspecified atom stereocenters. The van der Waals surface area contributed by atoms with Crippen LogP contribution in [-0.4, -0.2) is 28.6 Å². The Labute approximate surface area is 120 Å². The second-order valence-corrected chi connectivity index (χ2v) is 5.49. The van der Waals surface area contributed by atoms with E-state index in [4.69, 9.17) is 0 Å². The molecule has 1 heterocycles. The van der Waals surface area contributed by atoms with Gasteiger partial charge in [-0.1, -0.05) is 29.3 Å². The van der Waals surface area contributed by atoms with E-state index in [-0.39, 0.29) is 0 Å². The average molecular weight is 270 g/mol. The van der Waals surface area contributed by atoms with E-state index in [0.717, 1.165) is 12.1 Å². The van der Waals surface area contributed by atoms with E-state index in [0.29, 0.717) is 6.54 Å². The number of hydrogen-bond donors (Lipinski definition) is 1. The first-order chi connectivity index (χ1) is 9.54. The van der Waals surface area contributed by atoms with Crippen molar-refractivity contribution < 1.29 is 5.11 Å². The van der Waals surface area contributed by atoms with Crippen LogP contribution in [0.15, 0.2) is 42.7 Å². The summed E-state index contributed by atoms with van der Waals surface area (Å²) in [7, 11) is 2.02. The highest BCUT2D eigenvalue weighted by molar-refractivity contribution is 5.30. The van der Waals surface area contributed by atoms with E-state index >= 15 is 0 Å². The van der Waals surface area contributed by atoms with Gasteiger partial charge in [-0.2, -0.15) is 0 Å². The Balaban J connectivity index is 1.98. The van der Waals surface area contributed by atoms with Crippen LogP contribution in [0, 0.1) is 13.8 Å². The fourth-order valence-corrected chi connectivity index (χ4v) is 2.47. The molecule has 1 aromatic heterocycles. The molecule has 2 aromatic rings. The summed E-state index contributed by atoms with van der Waals surface area (Å²) in [5.74, 6) is 0. The molecule has 3 heteroatoms. The second-order valence-electron chi connectivity index (χ2n) is 5.49. The first-order valence-corrected chi connectivity index (χ1v) is 6.88. The molecule has 0 aliphatic rings. The lowest BCUT2D eigenvalue weighted by atomic mass is 10.0. The molecule has 3 nitrogen and oxygen atoms in total. The van der Waals surface area contributed by atoms with Gasteiger partial charge in [0.25, 0.3) is 0 Å². The van der Waals surface area contributed by atoms with E-state index in [1.807, 2.05) is 19.2 Å². The molecule has 2 rings (SSSR count). The lowest BCUT2D eigenvalue weighted by Crippen LogP contribution is -2.24. The molecule has 1 N–H and O–H groups in total. The topological polar surface area (TPSA) is 36.4 Å². The van der Waals surface area contributed by atoms with Crippen LogP contribution in [0.4, 0.5) is 0 Å². The lowest BCUT2D eigenvalue weighted by Gasteiger charge is -2.21. The molecule has 0 spiro atoms. The molecule has 0 saturated carbocycles. The Kier molecular flexibility index (Phi) is 4.88. The number of aliphatic hydroxyl groups is 1. The van der Waals surface area contributed by atoms with Crippen LogP contribution in [0.5, 0.6) is 0 Å². The SMILES string of the molecule is Cc1cc(C)cc(C(O)CN(C)Cc2ccncc2)c1. The Morgan fingerprint density at radius 3 is 2.30 bits per heavy atom. The fraction of sp³-hybridized carbons (Fsp3) is 0.353. The third-order valence-electron chi connectivity index (χ3n) is 3.32. The zero-order valence-corrected chi connectivity index (χ0v) is 12.4. The number of aryl methyl sites for hydroxylation is 2. The van der Waals surface area contributed by atoms with E-state index in [1.165, 1.54) is 16.7 Å². The van der Waals surface area contributed by atoms with E-state index < -0.39 is 6.10 Å². The van der Waals surface area contributed by atoms with E-state index in [2.05, 4.69) is 41.9 Å². The van der Waals surface area contributed by atoms with Gasteiger partial charge in [0.1, 0.15) is 0 Å². The molecular weight excluding hydrogens is 248 g/mol. The van der Waals surface area contributed by atoms with Crippen molar-refractivity contribution >= 4 is 0 Å². The van der Waals surface area contributed by atoms with Crippen LogP contribution in [0.2, 0.25) is 0 Å². The maximum Gasteiger partial charge on any atom is 0.0917 e. The number of pyridine rings is 1. The third kappa shape index (κ3) is 4.15. The monoisotopic (exact) mass is 270 g/mol. The molecule has 0 bridgehead atoms. The molecule has 0 aliphatic carbocycles. The van der Waals surface area contributed by atoms with Crippen LogP contribution in [0.25, 0.3) is 0 Å². The van der Waals surface area contributed by atoms with Crippen molar-refractivity contribution in [1.82, 2.24) is 9.88 Å². The molecule has 0 saturated heterocycles. The predicted octanol–water partition coefficient (Wildman–Crippen LogP) is 2.86. The number of aromatic nitrogens is 1. The van der Waals surface area contributed by atoms with Gasteiger partial charge < -0.3 is 5.11 Å². The summed E-state index contributed by atoms with van der Waals surface area (Å²) in [6.45, 7) is 5.55. The Hall–Kier alpha value is -1.71. The van der Waals surface area contributed by atoms with Gasteiger partial charge in [0.2, 0.25) is 0 Å². The first kappa shape index (κ1) is 14.7. The number of benzene rings is 1. The minimum Gasteiger partial charge on any atom is -0.387 e. The van der Waals surface area contributed by atoms with Crippen molar-refractivity contribution in [3.05, 3.63) is 65.0 Å². The highest BCUT2D eigenvalue weighted by atomic mass is 16.3. The van der Waals surface area contributed by atoms with Crippen LogP contribution >= 0.6 is 0 Å². The Morgan fingerprint density at radius 2 is 1.70 bits per heavy atom. The fourth-order valence-electron chi connectivity index (χ4n) is 2.47. The lowest BCUT2D eigenvalue weighted by molar-refractivity contribution is 0.123. The second kappa shape index (κ2) is 6.64. The van der Waals surface area contributed by atoms with Crippen LogP contribution < -0.4 is 0 Å². The van der Waals surface area contributed by atoms with Gasteiger partial charge in [0, 0.05) is 25.5 Å². The predicted molar refractivity (Wildman–Crippen MR) is 81.4 cm³/mol. The maximum absolute atomic E-state index is 10.4. The van der Waals surface area contributed by atoms with Crippen molar-refractivity contribution in [2.24, 2.45) is 0 Å². The molecule has 0 radical (unpaired) electrons. The molecular formula is C17H22N2O. The molecule has 1 aromatic carbocycles. The number of nitrogens with zero attached hydrogens (tertiary/aromatic N) is 2. The van der Waals surface area contributed by atoms with Gasteiger partial charge in [-0.05, 0) is 44.2 Å². The Bertz CT molecular complexity index is 534. The molecule has 106 valence electrons. The van der Waals surface area contributed by atoms with Gasteiger partial charge in [-0.15, -0.1) is 0 Å². The summed E-state index contributed by atoms with van der Waals surface area (Å²) in [5.41, 5.74) is 4.57. The molecule has 0 amide bonds. The molecule has 1 atom stereocenters. The summed E-state index contributed by atoms with van der Waals surface area (Å²) < 4.78 is 0. The maximum atomic E-state index is 10.4. The largest absolute Gasteiger partial charge is 0.387 e. The number of rotatable bonds is 5. The average Bonchev–Trinajstić information content (AvgIpc) is 2.38. The van der Waals surface area contributed by atoms with Crippen molar-refractivity contribution in [3.63, 3.8) is 0 Å². The zero-order valence-electron chi connectivity index (χ0n) is 12.4. The molecule has 0 aliphatic heterocycles. The van der Waals surface area contributed by atoms with Crippen molar-refractivity contribution in [2.75, 3.05) is 13.6 Å². The van der Waals surface area contributed by atoms with E-state index in [9.17, 15) is 5.11 Å². The van der Waals surface area contributed by atoms with Gasteiger partial charge in [0.15, 0.2) is 0 Å². The molecule has 0 fully saturated rings. The number of aliphatic hydroxyl groups excluding tert-OH is 1. The third-order valence-corrected chi connectivity index (χ3v) is 3.32. The highest BCUT2D eigenvalue weighted by Crippen LogP contribution is 2.18. The summed E-state index contributed by atoms with van der Waals surface area (Å²) in [5, 5.41) is 10.4. The smallest absolute Gasteiger partial charge is 0.0917 e. The number of hydrogen-bond acceptors (Lipinski definition) is 3. The van der Waals surface area contributed by atoms with Crippen LogP contribution in [0.1, 0.15) is 28.4 Å².